The molecule has 3 aromatic rings. The summed E-state index contributed by atoms with van der Waals surface area (Å²) < 4.78 is 27.7. The highest BCUT2D eigenvalue weighted by atomic mass is 32.2. The fourth-order valence-corrected chi connectivity index (χ4v) is 5.57. The number of anilines is 1. The van der Waals surface area contributed by atoms with Crippen molar-refractivity contribution in [2.24, 2.45) is 5.92 Å². The first-order valence-electron chi connectivity index (χ1n) is 11.0. The predicted octanol–water partition coefficient (Wildman–Crippen LogP) is 4.49. The number of rotatable bonds is 7. The molecule has 1 N–H and O–H groups in total. The van der Waals surface area contributed by atoms with Crippen LogP contribution in [-0.4, -0.2) is 36.6 Å². The molecule has 1 saturated heterocycles. The Morgan fingerprint density at radius 1 is 0.941 bits per heavy atom. The van der Waals surface area contributed by atoms with Gasteiger partial charge in [-0.1, -0.05) is 30.3 Å². The molecule has 9 heteroatoms. The lowest BCUT2D eigenvalue weighted by Crippen LogP contribution is -2.38. The van der Waals surface area contributed by atoms with Gasteiger partial charge in [-0.25, -0.2) is 8.42 Å². The second-order valence-corrected chi connectivity index (χ2v) is 10.3. The average molecular weight is 480 g/mol. The van der Waals surface area contributed by atoms with E-state index in [-0.39, 0.29) is 16.1 Å². The topological polar surface area (TPSA) is 110 Å². The Kier molecular flexibility index (Phi) is 7.04. The third-order valence-corrected chi connectivity index (χ3v) is 7.94. The molecule has 8 nitrogen and oxygen atoms in total. The summed E-state index contributed by atoms with van der Waals surface area (Å²) >= 11 is 0. The Morgan fingerprint density at radius 3 is 2.15 bits per heavy atom. The standard InChI is InChI=1S/C25H25N3O5S/c29-25(21-6-10-23(11-7-21)28(30)31)26-22-8-12-24(13-9-22)34(32,33)27-16-14-20(15-17-27)18-19-4-2-1-3-5-19/h1-13,20H,14-18H2,(H,26,29). The summed E-state index contributed by atoms with van der Waals surface area (Å²) in [5.74, 6) is 0.0249. The van der Waals surface area contributed by atoms with Crippen molar-refractivity contribution in [1.82, 2.24) is 4.31 Å². The SMILES string of the molecule is O=C(Nc1ccc(S(=O)(=O)N2CCC(Cc3ccccc3)CC2)cc1)c1ccc([N+](=O)[O-])cc1. The molecule has 4 rings (SSSR count). The number of nitrogens with zero attached hydrogens (tertiary/aromatic N) is 2. The normalized spacial score (nSPS) is 15.1. The Morgan fingerprint density at radius 2 is 1.56 bits per heavy atom. The highest BCUT2D eigenvalue weighted by Crippen LogP contribution is 2.27. The zero-order valence-electron chi connectivity index (χ0n) is 18.5. The maximum Gasteiger partial charge on any atom is 0.269 e. The lowest BCUT2D eigenvalue weighted by Gasteiger charge is -2.31. The van der Waals surface area contributed by atoms with Crippen molar-refractivity contribution in [3.8, 4) is 0 Å². The molecule has 3 aromatic carbocycles. The largest absolute Gasteiger partial charge is 0.322 e. The molecule has 1 aliphatic rings. The number of sulfonamides is 1. The number of benzene rings is 3. The fraction of sp³-hybridized carbons (Fsp3) is 0.240. The minimum absolute atomic E-state index is 0.102. The third-order valence-electron chi connectivity index (χ3n) is 6.03. The molecule has 0 radical (unpaired) electrons. The van der Waals surface area contributed by atoms with Crippen LogP contribution in [0.5, 0.6) is 0 Å². The van der Waals surface area contributed by atoms with Crippen LogP contribution >= 0.6 is 0 Å². The second-order valence-electron chi connectivity index (χ2n) is 8.32. The smallest absolute Gasteiger partial charge is 0.269 e. The van der Waals surface area contributed by atoms with E-state index in [0.29, 0.717) is 24.7 Å². The summed E-state index contributed by atoms with van der Waals surface area (Å²) in [6.45, 7) is 0.969. The molecule has 0 aliphatic carbocycles. The van der Waals surface area contributed by atoms with Crippen LogP contribution in [0, 0.1) is 16.0 Å². The summed E-state index contributed by atoms with van der Waals surface area (Å²) in [5, 5.41) is 13.4. The lowest BCUT2D eigenvalue weighted by atomic mass is 9.91. The van der Waals surface area contributed by atoms with Crippen LogP contribution in [0.25, 0.3) is 0 Å². The van der Waals surface area contributed by atoms with Crippen molar-refractivity contribution in [3.63, 3.8) is 0 Å². The highest BCUT2D eigenvalue weighted by molar-refractivity contribution is 7.89. The van der Waals surface area contributed by atoms with Gasteiger partial charge in [0.15, 0.2) is 0 Å². The second kappa shape index (κ2) is 10.1. The zero-order valence-corrected chi connectivity index (χ0v) is 19.3. The summed E-state index contributed by atoms with van der Waals surface area (Å²) in [6.07, 6.45) is 2.59. The van der Waals surface area contributed by atoms with E-state index in [1.54, 1.807) is 12.1 Å². The van der Waals surface area contributed by atoms with E-state index in [4.69, 9.17) is 0 Å². The average Bonchev–Trinajstić information content (AvgIpc) is 2.85. The van der Waals surface area contributed by atoms with E-state index in [2.05, 4.69) is 17.4 Å². The van der Waals surface area contributed by atoms with Crippen molar-refractivity contribution in [1.29, 1.82) is 0 Å². The van der Waals surface area contributed by atoms with Gasteiger partial charge in [-0.15, -0.1) is 0 Å². The number of carbonyl (C=O) groups is 1. The van der Waals surface area contributed by atoms with E-state index in [0.717, 1.165) is 19.3 Å². The Bertz CT molecular complexity index is 1250. The van der Waals surface area contributed by atoms with Gasteiger partial charge in [0.2, 0.25) is 10.0 Å². The van der Waals surface area contributed by atoms with Crippen molar-refractivity contribution in [2.45, 2.75) is 24.2 Å². The number of non-ortho nitro benzene ring substituents is 1. The van der Waals surface area contributed by atoms with E-state index in [1.807, 2.05) is 18.2 Å². The number of nitrogens with one attached hydrogen (secondary N) is 1. The molecule has 1 fully saturated rings. The summed E-state index contributed by atoms with van der Waals surface area (Å²) in [7, 11) is -3.61. The van der Waals surface area contributed by atoms with Crippen LogP contribution < -0.4 is 5.32 Å². The van der Waals surface area contributed by atoms with Crippen molar-refractivity contribution >= 4 is 27.3 Å². The van der Waals surface area contributed by atoms with Gasteiger partial charge in [-0.3, -0.25) is 14.9 Å². The fourth-order valence-electron chi connectivity index (χ4n) is 4.10. The van der Waals surface area contributed by atoms with E-state index < -0.39 is 20.9 Å². The quantitative estimate of drug-likeness (QED) is 0.397. The molecule has 0 atom stereocenters. The maximum atomic E-state index is 13.1. The Hall–Kier alpha value is -3.56. The zero-order chi connectivity index (χ0) is 24.1. The summed E-state index contributed by atoms with van der Waals surface area (Å²) in [6, 6.07) is 21.5. The lowest BCUT2D eigenvalue weighted by molar-refractivity contribution is -0.384. The minimum Gasteiger partial charge on any atom is -0.322 e. The Balaban J connectivity index is 1.35. The van der Waals surface area contributed by atoms with E-state index >= 15 is 0 Å². The van der Waals surface area contributed by atoms with Crippen molar-refractivity contribution in [2.75, 3.05) is 18.4 Å². The predicted molar refractivity (Wildman–Crippen MR) is 129 cm³/mol. The molecule has 0 aromatic heterocycles. The number of carbonyl (C=O) groups excluding carboxylic acids is 1. The molecule has 1 amide bonds. The molecule has 0 bridgehead atoms. The molecular weight excluding hydrogens is 454 g/mol. The molecule has 34 heavy (non-hydrogen) atoms. The van der Waals surface area contributed by atoms with Crippen molar-refractivity contribution < 1.29 is 18.1 Å². The molecule has 0 unspecified atom stereocenters. The monoisotopic (exact) mass is 479 g/mol. The minimum atomic E-state index is -3.61. The van der Waals surface area contributed by atoms with Gasteiger partial charge in [0.05, 0.1) is 9.82 Å². The van der Waals surface area contributed by atoms with Crippen molar-refractivity contribution in [3.05, 3.63) is 100 Å². The number of piperidine rings is 1. The van der Waals surface area contributed by atoms with Gasteiger partial charge < -0.3 is 5.32 Å². The van der Waals surface area contributed by atoms with E-state index in [1.165, 1.54) is 46.3 Å². The van der Waals surface area contributed by atoms with Crippen LogP contribution in [0.2, 0.25) is 0 Å². The number of amides is 1. The molecule has 0 spiro atoms. The highest BCUT2D eigenvalue weighted by Gasteiger charge is 2.29. The first kappa shape index (κ1) is 23.6. The first-order chi connectivity index (χ1) is 16.3. The number of hydrogen-bond donors (Lipinski definition) is 1. The van der Waals surface area contributed by atoms with Gasteiger partial charge in [0.1, 0.15) is 0 Å². The van der Waals surface area contributed by atoms with Crippen LogP contribution in [0.1, 0.15) is 28.8 Å². The van der Waals surface area contributed by atoms with Crippen LogP contribution in [-0.2, 0) is 16.4 Å². The van der Waals surface area contributed by atoms with Gasteiger partial charge in [-0.2, -0.15) is 4.31 Å². The van der Waals surface area contributed by atoms with Crippen LogP contribution in [0.3, 0.4) is 0 Å². The van der Waals surface area contributed by atoms with Gasteiger partial charge in [-0.05, 0) is 67.1 Å². The molecule has 1 heterocycles. The van der Waals surface area contributed by atoms with Crippen LogP contribution in [0.4, 0.5) is 11.4 Å². The summed E-state index contributed by atoms with van der Waals surface area (Å²) in [4.78, 5) is 22.8. The van der Waals surface area contributed by atoms with Gasteiger partial charge in [0.25, 0.3) is 11.6 Å². The van der Waals surface area contributed by atoms with E-state index in [9.17, 15) is 23.3 Å². The maximum absolute atomic E-state index is 13.1. The van der Waals surface area contributed by atoms with Gasteiger partial charge in [0, 0.05) is 36.5 Å². The number of nitro benzene ring substituents is 1. The third kappa shape index (κ3) is 5.49. The number of nitro groups is 1. The molecular formula is C25H25N3O5S. The van der Waals surface area contributed by atoms with Gasteiger partial charge >= 0.3 is 0 Å². The first-order valence-corrected chi connectivity index (χ1v) is 12.5. The molecule has 1 aliphatic heterocycles. The number of hydrogen-bond acceptors (Lipinski definition) is 5. The molecule has 176 valence electrons. The van der Waals surface area contributed by atoms with Crippen LogP contribution in [0.15, 0.2) is 83.8 Å². The Labute approximate surface area is 198 Å². The summed E-state index contributed by atoms with van der Waals surface area (Å²) in [5.41, 5.74) is 1.87. The molecule has 0 saturated carbocycles.